The monoisotopic (exact) mass is 333 g/mol. The summed E-state index contributed by atoms with van der Waals surface area (Å²) in [6, 6.07) is 9.44. The Bertz CT molecular complexity index is 513. The van der Waals surface area contributed by atoms with Gasteiger partial charge in [-0.2, -0.15) is 0 Å². The fourth-order valence-electron chi connectivity index (χ4n) is 2.39. The van der Waals surface area contributed by atoms with E-state index < -0.39 is 5.97 Å². The zero-order valence-electron chi connectivity index (χ0n) is 14.0. The molecule has 0 aliphatic heterocycles. The van der Waals surface area contributed by atoms with Crippen LogP contribution >= 0.6 is 0 Å². The quantitative estimate of drug-likeness (QED) is 0.405. The molecule has 0 saturated carbocycles. The number of amides is 1. The largest absolute Gasteiger partial charge is 0.481 e. The molecule has 5 nitrogen and oxygen atoms in total. The van der Waals surface area contributed by atoms with E-state index in [0.717, 1.165) is 31.2 Å². The number of benzene rings is 1. The van der Waals surface area contributed by atoms with Crippen molar-refractivity contribution in [2.24, 2.45) is 0 Å². The fraction of sp³-hybridized carbons (Fsp3) is 0.474. The van der Waals surface area contributed by atoms with Crippen molar-refractivity contribution in [3.05, 3.63) is 48.0 Å². The average Bonchev–Trinajstić information content (AvgIpc) is 2.57. The molecule has 1 aromatic carbocycles. The van der Waals surface area contributed by atoms with Crippen molar-refractivity contribution < 1.29 is 19.8 Å². The van der Waals surface area contributed by atoms with E-state index >= 15 is 0 Å². The van der Waals surface area contributed by atoms with E-state index in [-0.39, 0.29) is 25.0 Å². The molecule has 0 bridgehead atoms. The summed E-state index contributed by atoms with van der Waals surface area (Å²) in [6.07, 6.45) is 8.45. The van der Waals surface area contributed by atoms with Gasteiger partial charge in [0.15, 0.2) is 0 Å². The first-order chi connectivity index (χ1) is 11.6. The molecule has 3 N–H and O–H groups in total. The van der Waals surface area contributed by atoms with Gasteiger partial charge in [-0.1, -0.05) is 49.2 Å². The second-order valence-electron chi connectivity index (χ2n) is 5.83. The van der Waals surface area contributed by atoms with Gasteiger partial charge in [0.2, 0.25) is 5.91 Å². The van der Waals surface area contributed by atoms with E-state index in [9.17, 15) is 14.7 Å². The zero-order valence-corrected chi connectivity index (χ0v) is 14.0. The predicted molar refractivity (Wildman–Crippen MR) is 93.6 cm³/mol. The van der Waals surface area contributed by atoms with Crippen LogP contribution in [0.2, 0.25) is 0 Å². The van der Waals surface area contributed by atoms with Crippen LogP contribution < -0.4 is 5.32 Å². The van der Waals surface area contributed by atoms with Gasteiger partial charge in [0.05, 0.1) is 12.6 Å². The normalized spacial score (nSPS) is 12.2. The number of carboxylic acid groups (broad SMARTS) is 1. The zero-order chi connectivity index (χ0) is 17.6. The lowest BCUT2D eigenvalue weighted by Gasteiger charge is -2.15. The molecule has 1 rings (SSSR count). The molecule has 0 aliphatic rings. The highest BCUT2D eigenvalue weighted by Crippen LogP contribution is 2.06. The van der Waals surface area contributed by atoms with Gasteiger partial charge in [0.25, 0.3) is 0 Å². The van der Waals surface area contributed by atoms with Crippen molar-refractivity contribution in [1.29, 1.82) is 0 Å². The van der Waals surface area contributed by atoms with Gasteiger partial charge in [-0.25, -0.2) is 0 Å². The van der Waals surface area contributed by atoms with Gasteiger partial charge in [-0.05, 0) is 37.3 Å². The highest BCUT2D eigenvalue weighted by atomic mass is 16.4. The second-order valence-corrected chi connectivity index (χ2v) is 5.83. The van der Waals surface area contributed by atoms with E-state index in [1.54, 1.807) is 0 Å². The highest BCUT2D eigenvalue weighted by Gasteiger charge is 2.10. The number of unbranched alkanes of at least 4 members (excludes halogenated alkanes) is 4. The summed E-state index contributed by atoms with van der Waals surface area (Å²) in [7, 11) is 0. The van der Waals surface area contributed by atoms with Crippen molar-refractivity contribution in [3.8, 4) is 0 Å². The number of nitrogens with one attached hydrogen (secondary N) is 1. The second kappa shape index (κ2) is 12.3. The Morgan fingerprint density at radius 1 is 1.08 bits per heavy atom. The molecule has 0 aliphatic carbocycles. The first kappa shape index (κ1) is 19.9. The number of aliphatic hydroxyl groups is 1. The number of allylic oxidation sites excluding steroid dienone is 1. The van der Waals surface area contributed by atoms with E-state index in [0.29, 0.717) is 12.8 Å². The first-order valence-corrected chi connectivity index (χ1v) is 8.45. The lowest BCUT2D eigenvalue weighted by atomic mass is 10.1. The minimum absolute atomic E-state index is 0.0992. The Morgan fingerprint density at radius 3 is 2.46 bits per heavy atom. The summed E-state index contributed by atoms with van der Waals surface area (Å²) >= 11 is 0. The van der Waals surface area contributed by atoms with E-state index in [2.05, 4.69) is 5.32 Å². The maximum Gasteiger partial charge on any atom is 0.303 e. The summed E-state index contributed by atoms with van der Waals surface area (Å²) in [4.78, 5) is 22.2. The van der Waals surface area contributed by atoms with E-state index in [1.165, 1.54) is 6.08 Å². The molecule has 0 fully saturated rings. The van der Waals surface area contributed by atoms with Crippen molar-refractivity contribution in [2.75, 3.05) is 6.61 Å². The maximum atomic E-state index is 11.8. The summed E-state index contributed by atoms with van der Waals surface area (Å²) in [5, 5.41) is 20.7. The number of carbonyl (C=O) groups is 2. The molecule has 0 spiro atoms. The molecule has 24 heavy (non-hydrogen) atoms. The van der Waals surface area contributed by atoms with Crippen molar-refractivity contribution in [3.63, 3.8) is 0 Å². The smallest absolute Gasteiger partial charge is 0.303 e. The van der Waals surface area contributed by atoms with Crippen LogP contribution in [0.5, 0.6) is 0 Å². The summed E-state index contributed by atoms with van der Waals surface area (Å²) in [6.45, 7) is -0.0992. The third-order valence-electron chi connectivity index (χ3n) is 3.67. The Hall–Kier alpha value is -2.14. The molecular weight excluding hydrogens is 306 g/mol. The van der Waals surface area contributed by atoms with Gasteiger partial charge in [0, 0.05) is 6.42 Å². The molecule has 0 heterocycles. The molecule has 0 radical (unpaired) electrons. The Labute approximate surface area is 143 Å². The van der Waals surface area contributed by atoms with Gasteiger partial charge in [-0.15, -0.1) is 0 Å². The van der Waals surface area contributed by atoms with Gasteiger partial charge >= 0.3 is 5.97 Å². The van der Waals surface area contributed by atoms with Crippen LogP contribution in [-0.2, 0) is 16.0 Å². The first-order valence-electron chi connectivity index (χ1n) is 8.45. The van der Waals surface area contributed by atoms with Crippen LogP contribution in [0.3, 0.4) is 0 Å². The number of aliphatic carboxylic acids is 1. The number of rotatable bonds is 12. The highest BCUT2D eigenvalue weighted by molar-refractivity contribution is 5.87. The summed E-state index contributed by atoms with van der Waals surface area (Å²) in [5.74, 6) is -0.948. The number of carbonyl (C=O) groups excluding carboxylic acids is 1. The Morgan fingerprint density at radius 2 is 1.79 bits per heavy atom. The summed E-state index contributed by atoms with van der Waals surface area (Å²) in [5.41, 5.74) is 1.07. The molecule has 1 aromatic rings. The van der Waals surface area contributed by atoms with E-state index in [4.69, 9.17) is 5.11 Å². The Balaban J connectivity index is 2.18. The van der Waals surface area contributed by atoms with Crippen molar-refractivity contribution in [1.82, 2.24) is 5.32 Å². The van der Waals surface area contributed by atoms with Gasteiger partial charge < -0.3 is 15.5 Å². The molecular formula is C19H27NO4. The molecule has 5 heteroatoms. The van der Waals surface area contributed by atoms with Gasteiger partial charge in [-0.3, -0.25) is 9.59 Å². The molecule has 132 valence electrons. The van der Waals surface area contributed by atoms with Crippen LogP contribution in [0.4, 0.5) is 0 Å². The number of hydrogen-bond donors (Lipinski definition) is 3. The summed E-state index contributed by atoms with van der Waals surface area (Å²) < 4.78 is 0. The maximum absolute atomic E-state index is 11.8. The minimum atomic E-state index is -0.750. The van der Waals surface area contributed by atoms with E-state index in [1.807, 2.05) is 36.4 Å². The standard InChI is InChI=1S/C19H27NO4/c21-15-17(14-16-10-6-5-7-11-16)20-18(22)12-8-3-1-2-4-9-13-19(23)24/h5-8,10-12,17,21H,1-4,9,13-15H2,(H,20,22)(H,23,24)/b12-8+. The third-order valence-corrected chi connectivity index (χ3v) is 3.67. The van der Waals surface area contributed by atoms with Gasteiger partial charge in [0.1, 0.15) is 0 Å². The van der Waals surface area contributed by atoms with Crippen LogP contribution in [0.1, 0.15) is 44.1 Å². The van der Waals surface area contributed by atoms with Crippen molar-refractivity contribution >= 4 is 11.9 Å². The number of hydrogen-bond acceptors (Lipinski definition) is 3. The molecule has 1 atom stereocenters. The third kappa shape index (κ3) is 9.79. The van der Waals surface area contributed by atoms with Crippen LogP contribution in [-0.4, -0.2) is 34.7 Å². The average molecular weight is 333 g/mol. The Kier molecular flexibility index (Phi) is 10.2. The number of carboxylic acids is 1. The minimum Gasteiger partial charge on any atom is -0.481 e. The molecule has 1 unspecified atom stereocenters. The number of aliphatic hydroxyl groups excluding tert-OH is 1. The predicted octanol–water partition coefficient (Wildman–Crippen LogP) is 2.69. The van der Waals surface area contributed by atoms with Crippen LogP contribution in [0.15, 0.2) is 42.5 Å². The van der Waals surface area contributed by atoms with Crippen LogP contribution in [0.25, 0.3) is 0 Å². The fourth-order valence-corrected chi connectivity index (χ4v) is 2.39. The molecule has 0 saturated heterocycles. The van der Waals surface area contributed by atoms with Crippen molar-refractivity contribution in [2.45, 2.75) is 51.0 Å². The lowest BCUT2D eigenvalue weighted by Crippen LogP contribution is -2.38. The lowest BCUT2D eigenvalue weighted by molar-refractivity contribution is -0.137. The topological polar surface area (TPSA) is 86.6 Å². The SMILES string of the molecule is O=C(O)CCCCCC/C=C/C(=O)NC(CO)Cc1ccccc1. The van der Waals surface area contributed by atoms with Crippen LogP contribution in [0, 0.1) is 0 Å². The molecule has 0 aromatic heterocycles. The molecule has 1 amide bonds.